The van der Waals surface area contributed by atoms with Gasteiger partial charge in [-0.1, -0.05) is 18.2 Å². The maximum absolute atomic E-state index is 12.8. The third kappa shape index (κ3) is 3.61. The smallest absolute Gasteiger partial charge is 0.271 e. The summed E-state index contributed by atoms with van der Waals surface area (Å²) in [5.74, 6) is 0.0785. The van der Waals surface area contributed by atoms with Crippen LogP contribution in [0.25, 0.3) is 11.3 Å². The highest BCUT2D eigenvalue weighted by Gasteiger charge is 2.30. The number of rotatable bonds is 4. The second-order valence-corrected chi connectivity index (χ2v) is 7.01. The number of aromatic nitrogens is 3. The Morgan fingerprint density at radius 2 is 1.89 bits per heavy atom. The molecule has 3 N–H and O–H groups in total. The molecule has 3 heterocycles. The molecule has 28 heavy (non-hydrogen) atoms. The van der Waals surface area contributed by atoms with Crippen molar-refractivity contribution in [1.82, 2.24) is 20.1 Å². The highest BCUT2D eigenvalue weighted by Crippen LogP contribution is 2.31. The lowest BCUT2D eigenvalue weighted by molar-refractivity contribution is 0.0444. The molecule has 7 nitrogen and oxygen atoms in total. The van der Waals surface area contributed by atoms with Crippen LogP contribution in [0.2, 0.25) is 0 Å². The number of piperidine rings is 1. The van der Waals surface area contributed by atoms with Gasteiger partial charge in [-0.15, -0.1) is 0 Å². The molecule has 1 aliphatic rings. The van der Waals surface area contributed by atoms with Crippen molar-refractivity contribution in [3.05, 3.63) is 66.1 Å². The minimum Gasteiger partial charge on any atom is -0.507 e. The molecule has 1 aromatic carbocycles. The maximum atomic E-state index is 12.8. The van der Waals surface area contributed by atoms with Crippen LogP contribution in [0.3, 0.4) is 0 Å². The van der Waals surface area contributed by atoms with E-state index in [0.717, 1.165) is 0 Å². The van der Waals surface area contributed by atoms with Gasteiger partial charge in [0.05, 0.1) is 17.5 Å². The Kier molecular flexibility index (Phi) is 5.08. The number of phenols is 1. The Morgan fingerprint density at radius 3 is 2.61 bits per heavy atom. The Hall–Kier alpha value is -3.19. The van der Waals surface area contributed by atoms with Gasteiger partial charge in [-0.3, -0.25) is 14.9 Å². The molecule has 2 aromatic heterocycles. The first-order valence-electron chi connectivity index (χ1n) is 9.35. The fourth-order valence-electron chi connectivity index (χ4n) is 3.64. The van der Waals surface area contributed by atoms with Crippen molar-refractivity contribution in [2.75, 3.05) is 13.1 Å². The van der Waals surface area contributed by atoms with Crippen molar-refractivity contribution in [1.29, 1.82) is 0 Å². The monoisotopic (exact) mass is 378 g/mol. The number of phenolic OH excluding ortho intramolecular Hbond substituents is 1. The zero-order valence-corrected chi connectivity index (χ0v) is 15.3. The third-order valence-corrected chi connectivity index (χ3v) is 5.25. The lowest BCUT2D eigenvalue weighted by Gasteiger charge is -2.33. The van der Waals surface area contributed by atoms with Crippen molar-refractivity contribution >= 4 is 5.91 Å². The number of aromatic amines is 1. The number of hydrogen-bond donors (Lipinski definition) is 3. The Labute approximate surface area is 162 Å². The summed E-state index contributed by atoms with van der Waals surface area (Å²) in [6.07, 6.45) is 2.49. The quantitative estimate of drug-likeness (QED) is 0.648. The SMILES string of the molecule is O=C(c1cc(-c2ccccc2O)n[nH]1)N1CCC([C@H](O)c2ccccn2)CC1. The zero-order chi connectivity index (χ0) is 19.5. The molecule has 1 aliphatic heterocycles. The number of para-hydroxylation sites is 1. The highest BCUT2D eigenvalue weighted by atomic mass is 16.3. The number of H-pyrrole nitrogens is 1. The summed E-state index contributed by atoms with van der Waals surface area (Å²) in [5, 5.41) is 27.4. The first kappa shape index (κ1) is 18.2. The van der Waals surface area contributed by atoms with Crippen molar-refractivity contribution in [2.45, 2.75) is 18.9 Å². The standard InChI is InChI=1S/C21H22N4O3/c26-19-7-2-1-5-15(19)17-13-18(24-23-17)21(28)25-11-8-14(9-12-25)20(27)16-6-3-4-10-22-16/h1-7,10,13-14,20,26-27H,8-9,11-12H2,(H,23,24)/t20-/m0/s1. The fourth-order valence-corrected chi connectivity index (χ4v) is 3.64. The molecule has 1 amide bonds. The van der Waals surface area contributed by atoms with Crippen LogP contribution in [0.1, 0.15) is 35.1 Å². The van der Waals surface area contributed by atoms with Gasteiger partial charge in [0.15, 0.2) is 0 Å². The van der Waals surface area contributed by atoms with E-state index in [-0.39, 0.29) is 17.6 Å². The average molecular weight is 378 g/mol. The number of aromatic hydroxyl groups is 1. The number of carbonyl (C=O) groups is 1. The molecule has 1 saturated heterocycles. The highest BCUT2D eigenvalue weighted by molar-refractivity contribution is 5.93. The van der Waals surface area contributed by atoms with Crippen molar-refractivity contribution in [3.8, 4) is 17.0 Å². The van der Waals surface area contributed by atoms with E-state index in [1.165, 1.54) is 0 Å². The minimum atomic E-state index is -0.613. The van der Waals surface area contributed by atoms with Crippen LogP contribution in [0.5, 0.6) is 5.75 Å². The fraction of sp³-hybridized carbons (Fsp3) is 0.286. The summed E-state index contributed by atoms with van der Waals surface area (Å²) in [4.78, 5) is 18.8. The van der Waals surface area contributed by atoms with Crippen LogP contribution in [-0.2, 0) is 0 Å². The number of nitrogens with one attached hydrogen (secondary N) is 1. The van der Waals surface area contributed by atoms with Crippen LogP contribution >= 0.6 is 0 Å². The van der Waals surface area contributed by atoms with E-state index in [2.05, 4.69) is 15.2 Å². The summed E-state index contributed by atoms with van der Waals surface area (Å²) in [7, 11) is 0. The van der Waals surface area contributed by atoms with Crippen LogP contribution in [0.4, 0.5) is 0 Å². The van der Waals surface area contributed by atoms with Crippen LogP contribution in [0.15, 0.2) is 54.7 Å². The van der Waals surface area contributed by atoms with Gasteiger partial charge in [-0.2, -0.15) is 5.10 Å². The van der Waals surface area contributed by atoms with E-state index in [1.54, 1.807) is 35.4 Å². The van der Waals surface area contributed by atoms with Crippen molar-refractivity contribution in [3.63, 3.8) is 0 Å². The van der Waals surface area contributed by atoms with Gasteiger partial charge in [-0.05, 0) is 49.1 Å². The van der Waals surface area contributed by atoms with E-state index in [4.69, 9.17) is 0 Å². The van der Waals surface area contributed by atoms with E-state index in [1.807, 2.05) is 24.3 Å². The van der Waals surface area contributed by atoms with Gasteiger partial charge in [0.2, 0.25) is 0 Å². The summed E-state index contributed by atoms with van der Waals surface area (Å²) in [6.45, 7) is 1.14. The Balaban J connectivity index is 1.40. The van der Waals surface area contributed by atoms with Gasteiger partial charge in [0.25, 0.3) is 5.91 Å². The number of carbonyl (C=O) groups excluding carboxylic acids is 1. The summed E-state index contributed by atoms with van der Waals surface area (Å²) < 4.78 is 0. The third-order valence-electron chi connectivity index (χ3n) is 5.25. The number of pyridine rings is 1. The summed E-state index contributed by atoms with van der Waals surface area (Å²) >= 11 is 0. The van der Waals surface area contributed by atoms with E-state index < -0.39 is 6.10 Å². The van der Waals surface area contributed by atoms with Crippen LogP contribution < -0.4 is 0 Å². The topological polar surface area (TPSA) is 102 Å². The predicted molar refractivity (Wildman–Crippen MR) is 104 cm³/mol. The van der Waals surface area contributed by atoms with Crippen molar-refractivity contribution < 1.29 is 15.0 Å². The van der Waals surface area contributed by atoms with Gasteiger partial charge < -0.3 is 15.1 Å². The van der Waals surface area contributed by atoms with E-state index in [9.17, 15) is 15.0 Å². The first-order chi connectivity index (χ1) is 13.6. The first-order valence-corrected chi connectivity index (χ1v) is 9.35. The number of aliphatic hydroxyl groups excluding tert-OH is 1. The number of benzene rings is 1. The van der Waals surface area contributed by atoms with E-state index >= 15 is 0 Å². The largest absolute Gasteiger partial charge is 0.507 e. The molecule has 0 radical (unpaired) electrons. The molecular formula is C21H22N4O3. The van der Waals surface area contributed by atoms with Gasteiger partial charge in [0.1, 0.15) is 11.4 Å². The number of nitrogens with zero attached hydrogens (tertiary/aromatic N) is 3. The van der Waals surface area contributed by atoms with Crippen LogP contribution in [0, 0.1) is 5.92 Å². The predicted octanol–water partition coefficient (Wildman–Crippen LogP) is 2.76. The van der Waals surface area contributed by atoms with E-state index in [0.29, 0.717) is 48.6 Å². The molecule has 0 unspecified atom stereocenters. The second-order valence-electron chi connectivity index (χ2n) is 7.01. The van der Waals surface area contributed by atoms with Gasteiger partial charge in [0, 0.05) is 24.8 Å². The lowest BCUT2D eigenvalue weighted by Crippen LogP contribution is -2.40. The second kappa shape index (κ2) is 7.82. The summed E-state index contributed by atoms with van der Waals surface area (Å²) in [6, 6.07) is 14.1. The molecule has 1 atom stereocenters. The summed E-state index contributed by atoms with van der Waals surface area (Å²) in [5.41, 5.74) is 2.17. The van der Waals surface area contributed by atoms with Crippen LogP contribution in [-0.4, -0.2) is 49.3 Å². The molecule has 0 saturated carbocycles. The zero-order valence-electron chi connectivity index (χ0n) is 15.3. The molecule has 0 aliphatic carbocycles. The Morgan fingerprint density at radius 1 is 1.14 bits per heavy atom. The minimum absolute atomic E-state index is 0.0811. The lowest BCUT2D eigenvalue weighted by atomic mass is 9.89. The normalized spacial score (nSPS) is 16.1. The van der Waals surface area contributed by atoms with Crippen molar-refractivity contribution in [2.24, 2.45) is 5.92 Å². The number of aliphatic hydroxyl groups is 1. The molecule has 0 bridgehead atoms. The average Bonchev–Trinajstić information content (AvgIpc) is 3.24. The molecule has 3 aromatic rings. The molecule has 1 fully saturated rings. The number of hydrogen-bond acceptors (Lipinski definition) is 5. The Bertz CT molecular complexity index is 949. The van der Waals surface area contributed by atoms with Gasteiger partial charge in [-0.25, -0.2) is 0 Å². The molecule has 7 heteroatoms. The molecular weight excluding hydrogens is 356 g/mol. The number of likely N-dealkylation sites (tertiary alicyclic amines) is 1. The molecule has 4 rings (SSSR count). The molecule has 144 valence electrons. The number of amides is 1. The molecule has 0 spiro atoms. The van der Waals surface area contributed by atoms with Gasteiger partial charge >= 0.3 is 0 Å². The maximum Gasteiger partial charge on any atom is 0.271 e.